The molecule has 0 nitrogen and oxygen atoms in total. The van der Waals surface area contributed by atoms with Gasteiger partial charge in [0.1, 0.15) is 0 Å². The number of rotatable bonds is 0. The first-order valence-corrected chi connectivity index (χ1v) is 7.38. The molecule has 0 aromatic rings. The van der Waals surface area contributed by atoms with Crippen molar-refractivity contribution in [3.05, 3.63) is 80.7 Å². The van der Waals surface area contributed by atoms with Crippen LogP contribution < -0.4 is 0 Å². The van der Waals surface area contributed by atoms with Gasteiger partial charge in [-0.2, -0.15) is 0 Å². The molecule has 2 aliphatic rings. The zero-order chi connectivity index (χ0) is 15.6. The van der Waals surface area contributed by atoms with Crippen LogP contribution in [0.5, 0.6) is 0 Å². The van der Waals surface area contributed by atoms with Gasteiger partial charge in [-0.1, -0.05) is 48.6 Å². The summed E-state index contributed by atoms with van der Waals surface area (Å²) in [5.74, 6) is 0. The van der Waals surface area contributed by atoms with Crippen LogP contribution in [-0.2, 0) is 19.5 Å². The van der Waals surface area contributed by atoms with Gasteiger partial charge in [-0.3, -0.25) is 0 Å². The molecule has 21 heavy (non-hydrogen) atoms. The van der Waals surface area contributed by atoms with E-state index in [1.54, 1.807) is 0 Å². The molecule has 1 fully saturated rings. The van der Waals surface area contributed by atoms with Crippen molar-refractivity contribution >= 4 is 7.81 Å². The Bertz CT molecular complexity index is 312. The Hall–Kier alpha value is -0.407. The van der Waals surface area contributed by atoms with Crippen LogP contribution in [0.2, 0.25) is 0 Å². The fourth-order valence-corrected chi connectivity index (χ4v) is 0.834. The van der Waals surface area contributed by atoms with Crippen LogP contribution in [0.25, 0.3) is 0 Å². The van der Waals surface area contributed by atoms with Crippen molar-refractivity contribution in [2.75, 3.05) is 0 Å². The minimum atomic E-state index is -10.7. The van der Waals surface area contributed by atoms with Gasteiger partial charge in [0.05, 0.1) is 0 Å². The van der Waals surface area contributed by atoms with Crippen LogP contribution in [0.1, 0.15) is 0 Å². The SMILES string of the molecule is C1=C\C=C/C=C\C=C/1.F[P-](F)(F)(F)(F)F.[CH]1[CH][CH][CH][CH]1.[Ru+2]. The predicted octanol–water partition coefficient (Wildman–Crippen LogP) is 6.63. The summed E-state index contributed by atoms with van der Waals surface area (Å²) in [6.45, 7) is 0. The van der Waals surface area contributed by atoms with E-state index >= 15 is 0 Å². The van der Waals surface area contributed by atoms with Gasteiger partial charge < -0.3 is 0 Å². The maximum Gasteiger partial charge on any atom is 2.00 e. The summed E-state index contributed by atoms with van der Waals surface area (Å²) in [5, 5.41) is 0. The van der Waals surface area contributed by atoms with Gasteiger partial charge in [0.25, 0.3) is 0 Å². The zero-order valence-electron chi connectivity index (χ0n) is 10.6. The summed E-state index contributed by atoms with van der Waals surface area (Å²) in [6.07, 6.45) is 26.0. The molecule has 0 aromatic heterocycles. The van der Waals surface area contributed by atoms with E-state index in [0.29, 0.717) is 0 Å². The third kappa shape index (κ3) is 38.2. The minimum absolute atomic E-state index is 0. The molecule has 0 heterocycles. The fraction of sp³-hybridized carbons (Fsp3) is 0. The second-order valence-corrected chi connectivity index (χ2v) is 5.38. The Balaban J connectivity index is 0. The molecule has 0 atom stereocenters. The standard InChI is InChI=1S/C8H8.C5H5.F6P.Ru/c1-2-4-6-8-7-5-3-1;1-2-4-5-3-1;1-7(2,3,4,5)6;/h1-8H;1-5H;;/q;;-1;+2/b2-1-,3-1?,4-2?,5-3-,6-4-,7-5?,8-6?,8-7-;;;. The topological polar surface area (TPSA) is 0 Å². The van der Waals surface area contributed by atoms with E-state index in [2.05, 4.69) is 0 Å². The predicted molar refractivity (Wildman–Crippen MR) is 71.6 cm³/mol. The summed E-state index contributed by atoms with van der Waals surface area (Å²) in [5.41, 5.74) is 0. The molecule has 0 aliphatic heterocycles. The molecule has 8 heteroatoms. The summed E-state index contributed by atoms with van der Waals surface area (Å²) < 4.78 is 59.2. The van der Waals surface area contributed by atoms with Crippen molar-refractivity contribution < 1.29 is 44.7 Å². The van der Waals surface area contributed by atoms with Crippen LogP contribution in [-0.4, -0.2) is 0 Å². The van der Waals surface area contributed by atoms with Crippen LogP contribution in [0.15, 0.2) is 48.6 Å². The van der Waals surface area contributed by atoms with Crippen LogP contribution in [0.4, 0.5) is 25.2 Å². The van der Waals surface area contributed by atoms with Crippen molar-refractivity contribution in [1.82, 2.24) is 0 Å². The first-order valence-electron chi connectivity index (χ1n) is 5.35. The van der Waals surface area contributed by atoms with Gasteiger partial charge in [-0.25, -0.2) is 0 Å². The molecular formula is C13H13F6PRu+. The number of allylic oxidation sites excluding steroid dienone is 8. The molecule has 0 N–H and O–H groups in total. The largest absolute Gasteiger partial charge is 2.00 e. The Morgan fingerprint density at radius 3 is 0.571 bits per heavy atom. The second-order valence-electron chi connectivity index (χ2n) is 3.46. The first-order chi connectivity index (χ1) is 8.95. The van der Waals surface area contributed by atoms with E-state index < -0.39 is 7.81 Å². The smallest absolute Gasteiger partial charge is 0.0312 e. The van der Waals surface area contributed by atoms with Crippen LogP contribution >= 0.6 is 7.81 Å². The number of hydrogen-bond acceptors (Lipinski definition) is 0. The minimum Gasteiger partial charge on any atom is -0.0312 e. The number of hydrogen-bond donors (Lipinski definition) is 0. The van der Waals surface area contributed by atoms with Crippen molar-refractivity contribution in [3.8, 4) is 0 Å². The summed E-state index contributed by atoms with van der Waals surface area (Å²) >= 11 is 0. The first kappa shape index (κ1) is 22.9. The molecule has 0 unspecified atom stereocenters. The average Bonchev–Trinajstić information content (AvgIpc) is 2.67. The van der Waals surface area contributed by atoms with Crippen LogP contribution in [0, 0.1) is 32.1 Å². The molecule has 0 saturated heterocycles. The summed E-state index contributed by atoms with van der Waals surface area (Å²) in [7, 11) is -10.7. The fourth-order valence-electron chi connectivity index (χ4n) is 0.834. The third-order valence-electron chi connectivity index (χ3n) is 1.44. The second kappa shape index (κ2) is 8.90. The number of halogens is 6. The van der Waals surface area contributed by atoms with Crippen molar-refractivity contribution in [2.45, 2.75) is 0 Å². The zero-order valence-corrected chi connectivity index (χ0v) is 13.2. The van der Waals surface area contributed by atoms with E-state index in [9.17, 15) is 25.2 Å². The Labute approximate surface area is 133 Å². The molecule has 1 saturated carbocycles. The Morgan fingerprint density at radius 1 is 0.381 bits per heavy atom. The van der Waals surface area contributed by atoms with Gasteiger partial charge in [0.2, 0.25) is 0 Å². The third-order valence-corrected chi connectivity index (χ3v) is 1.44. The van der Waals surface area contributed by atoms with Crippen LogP contribution in [0.3, 0.4) is 0 Å². The maximum atomic E-state index is 9.87. The van der Waals surface area contributed by atoms with Gasteiger partial charge in [-0.05, 0) is 32.1 Å². The van der Waals surface area contributed by atoms with E-state index in [-0.39, 0.29) is 19.5 Å². The molecule has 0 bridgehead atoms. The summed E-state index contributed by atoms with van der Waals surface area (Å²) in [6, 6.07) is 0. The van der Waals surface area contributed by atoms with E-state index in [4.69, 9.17) is 0 Å². The van der Waals surface area contributed by atoms with E-state index in [0.717, 1.165) is 0 Å². The molecule has 0 aromatic carbocycles. The summed E-state index contributed by atoms with van der Waals surface area (Å²) in [4.78, 5) is 0. The molecule has 2 rings (SSSR count). The molecule has 2 aliphatic carbocycles. The van der Waals surface area contributed by atoms with Crippen molar-refractivity contribution in [1.29, 1.82) is 0 Å². The van der Waals surface area contributed by atoms with Gasteiger partial charge in [0, 0.05) is 0 Å². The Morgan fingerprint density at radius 2 is 0.476 bits per heavy atom. The van der Waals surface area contributed by atoms with Gasteiger partial charge in [0.15, 0.2) is 0 Å². The van der Waals surface area contributed by atoms with Gasteiger partial charge in [-0.15, -0.1) is 0 Å². The van der Waals surface area contributed by atoms with E-state index in [1.165, 1.54) is 0 Å². The Kier molecular flexibility index (Phi) is 9.69. The molecule has 0 amide bonds. The van der Waals surface area contributed by atoms with Gasteiger partial charge >= 0.3 is 52.5 Å². The molecule has 5 radical (unpaired) electrons. The normalized spacial score (nSPS) is 25.6. The molecule has 0 spiro atoms. The molecular weight excluding hydrogens is 402 g/mol. The average molecular weight is 415 g/mol. The van der Waals surface area contributed by atoms with Crippen molar-refractivity contribution in [3.63, 3.8) is 0 Å². The monoisotopic (exact) mass is 416 g/mol. The maximum absolute atomic E-state index is 10.7. The van der Waals surface area contributed by atoms with E-state index in [1.807, 2.05) is 80.7 Å². The quantitative estimate of drug-likeness (QED) is 0.237. The molecule has 119 valence electrons. The van der Waals surface area contributed by atoms with Crippen molar-refractivity contribution in [2.24, 2.45) is 0 Å².